The molecule has 0 saturated heterocycles. The Morgan fingerprint density at radius 1 is 1.33 bits per heavy atom. The molecule has 0 bridgehead atoms. The van der Waals surface area contributed by atoms with Gasteiger partial charge in [-0.3, -0.25) is 0 Å². The summed E-state index contributed by atoms with van der Waals surface area (Å²) in [6.45, 7) is 5.38. The van der Waals surface area contributed by atoms with Crippen molar-refractivity contribution in [3.63, 3.8) is 0 Å². The summed E-state index contributed by atoms with van der Waals surface area (Å²) in [5, 5.41) is 3.30. The molecule has 1 atom stereocenters. The molecule has 4 nitrogen and oxygen atoms in total. The quantitative estimate of drug-likeness (QED) is 0.907. The van der Waals surface area contributed by atoms with Gasteiger partial charge in [0.2, 0.25) is 0 Å². The summed E-state index contributed by atoms with van der Waals surface area (Å²) >= 11 is 0. The number of hydrogen-bond donors (Lipinski definition) is 1. The lowest BCUT2D eigenvalue weighted by Gasteiger charge is -2.19. The van der Waals surface area contributed by atoms with Gasteiger partial charge in [-0.25, -0.2) is 8.42 Å². The van der Waals surface area contributed by atoms with Crippen LogP contribution in [0, 0.1) is 0 Å². The third-order valence-corrected chi connectivity index (χ3v) is 6.69. The minimum absolute atomic E-state index is 0.0512. The Morgan fingerprint density at radius 3 is 2.67 bits per heavy atom. The summed E-state index contributed by atoms with van der Waals surface area (Å²) in [5.41, 5.74) is 2.48. The molecule has 5 heteroatoms. The molecule has 21 heavy (non-hydrogen) atoms. The van der Waals surface area contributed by atoms with Crippen molar-refractivity contribution in [2.75, 3.05) is 19.4 Å². The van der Waals surface area contributed by atoms with E-state index in [2.05, 4.69) is 11.4 Å². The summed E-state index contributed by atoms with van der Waals surface area (Å²) in [6.07, 6.45) is 2.04. The number of fused-ring (bicyclic) bond motifs is 1. The van der Waals surface area contributed by atoms with Crippen LogP contribution in [0.5, 0.6) is 5.75 Å². The van der Waals surface area contributed by atoms with E-state index >= 15 is 0 Å². The maximum Gasteiger partial charge on any atom is 0.158 e. The van der Waals surface area contributed by atoms with Gasteiger partial charge >= 0.3 is 0 Å². The zero-order chi connectivity index (χ0) is 15.7. The number of ether oxygens (including phenoxy) is 1. The molecule has 1 aromatic carbocycles. The highest BCUT2D eigenvalue weighted by Gasteiger charge is 2.29. The summed E-state index contributed by atoms with van der Waals surface area (Å²) in [5.74, 6) is 0.879. The molecule has 0 heterocycles. The highest BCUT2D eigenvalue weighted by Crippen LogP contribution is 2.36. The molecule has 0 amide bonds. The van der Waals surface area contributed by atoms with Crippen LogP contribution in [0.1, 0.15) is 44.4 Å². The van der Waals surface area contributed by atoms with E-state index < -0.39 is 14.6 Å². The Kier molecular flexibility index (Phi) is 4.63. The summed E-state index contributed by atoms with van der Waals surface area (Å²) in [6, 6.07) is 6.40. The smallest absolute Gasteiger partial charge is 0.158 e. The SMILES string of the molecule is CNC1CCc2c(OCCS(=O)(=O)C(C)(C)C)cccc21. The van der Waals surface area contributed by atoms with Gasteiger partial charge in [-0.1, -0.05) is 12.1 Å². The summed E-state index contributed by atoms with van der Waals surface area (Å²) < 4.78 is 29.2. The third kappa shape index (κ3) is 3.40. The van der Waals surface area contributed by atoms with Gasteiger partial charge < -0.3 is 10.1 Å². The first-order valence-corrected chi connectivity index (χ1v) is 9.05. The van der Waals surface area contributed by atoms with Crippen molar-refractivity contribution in [1.29, 1.82) is 0 Å². The van der Waals surface area contributed by atoms with Gasteiger partial charge in [-0.15, -0.1) is 0 Å². The van der Waals surface area contributed by atoms with Crippen LogP contribution >= 0.6 is 0 Å². The number of nitrogens with one attached hydrogen (secondary N) is 1. The van der Waals surface area contributed by atoms with Crippen molar-refractivity contribution in [1.82, 2.24) is 5.32 Å². The van der Waals surface area contributed by atoms with E-state index in [9.17, 15) is 8.42 Å². The Balaban J connectivity index is 2.05. The summed E-state index contributed by atoms with van der Waals surface area (Å²) in [7, 11) is -1.17. The number of benzene rings is 1. The van der Waals surface area contributed by atoms with Crippen LogP contribution in [0.15, 0.2) is 18.2 Å². The summed E-state index contributed by atoms with van der Waals surface area (Å²) in [4.78, 5) is 0. The largest absolute Gasteiger partial charge is 0.492 e. The molecule has 1 N–H and O–H groups in total. The first kappa shape index (κ1) is 16.3. The molecular weight excluding hydrogens is 286 g/mol. The Hall–Kier alpha value is -1.07. The van der Waals surface area contributed by atoms with Crippen LogP contribution in [0.3, 0.4) is 0 Å². The molecule has 0 fully saturated rings. The van der Waals surface area contributed by atoms with Crippen molar-refractivity contribution in [2.24, 2.45) is 0 Å². The van der Waals surface area contributed by atoms with Crippen molar-refractivity contribution in [3.05, 3.63) is 29.3 Å². The second kappa shape index (κ2) is 5.97. The second-order valence-corrected chi connectivity index (χ2v) is 9.35. The normalized spacial score (nSPS) is 18.6. The Morgan fingerprint density at radius 2 is 2.05 bits per heavy atom. The second-order valence-electron chi connectivity index (χ2n) is 6.48. The van der Waals surface area contributed by atoms with Crippen molar-refractivity contribution >= 4 is 9.84 Å². The molecule has 0 radical (unpaired) electrons. The molecule has 1 aliphatic carbocycles. The van der Waals surface area contributed by atoms with Gasteiger partial charge in [0.05, 0.1) is 10.5 Å². The van der Waals surface area contributed by atoms with Gasteiger partial charge in [0.1, 0.15) is 12.4 Å². The van der Waals surface area contributed by atoms with Crippen LogP contribution in [0.2, 0.25) is 0 Å². The van der Waals surface area contributed by atoms with Crippen LogP contribution in [0.4, 0.5) is 0 Å². The molecule has 1 aliphatic rings. The predicted octanol–water partition coefficient (Wildman–Crippen LogP) is 2.49. The fraction of sp³-hybridized carbons (Fsp3) is 0.625. The van der Waals surface area contributed by atoms with Gasteiger partial charge in [0, 0.05) is 6.04 Å². The number of sulfone groups is 1. The average Bonchev–Trinajstić information content (AvgIpc) is 2.81. The molecular formula is C16H25NO3S. The van der Waals surface area contributed by atoms with E-state index in [4.69, 9.17) is 4.74 Å². The van der Waals surface area contributed by atoms with E-state index in [-0.39, 0.29) is 12.4 Å². The fourth-order valence-electron chi connectivity index (χ4n) is 2.62. The van der Waals surface area contributed by atoms with Gasteiger partial charge in [-0.05, 0) is 57.9 Å². The van der Waals surface area contributed by atoms with E-state index in [1.54, 1.807) is 20.8 Å². The lowest BCUT2D eigenvalue weighted by atomic mass is 10.1. The van der Waals surface area contributed by atoms with Crippen LogP contribution in [0.25, 0.3) is 0 Å². The Bertz CT molecular complexity index is 602. The monoisotopic (exact) mass is 311 g/mol. The third-order valence-electron chi connectivity index (χ3n) is 4.12. The molecule has 2 rings (SSSR count). The van der Waals surface area contributed by atoms with E-state index in [1.165, 1.54) is 11.1 Å². The zero-order valence-corrected chi connectivity index (χ0v) is 14.1. The molecule has 118 valence electrons. The number of rotatable bonds is 5. The van der Waals surface area contributed by atoms with Crippen LogP contribution in [-0.2, 0) is 16.3 Å². The van der Waals surface area contributed by atoms with Gasteiger partial charge in [-0.2, -0.15) is 0 Å². The van der Waals surface area contributed by atoms with Crippen LogP contribution < -0.4 is 10.1 Å². The van der Waals surface area contributed by atoms with E-state index in [0.717, 1.165) is 18.6 Å². The van der Waals surface area contributed by atoms with Crippen molar-refractivity contribution in [3.8, 4) is 5.75 Å². The molecule has 0 aromatic heterocycles. The molecule has 1 unspecified atom stereocenters. The minimum atomic E-state index is -3.13. The van der Waals surface area contributed by atoms with E-state index in [0.29, 0.717) is 6.04 Å². The average molecular weight is 311 g/mol. The standard InChI is InChI=1S/C16H25NO3S/c1-16(2,3)21(18,19)11-10-20-15-7-5-6-12-13(15)8-9-14(12)17-4/h5-7,14,17H,8-11H2,1-4H3. The highest BCUT2D eigenvalue weighted by molar-refractivity contribution is 7.92. The first-order chi connectivity index (χ1) is 9.76. The van der Waals surface area contributed by atoms with Crippen molar-refractivity contribution < 1.29 is 13.2 Å². The molecule has 0 aliphatic heterocycles. The lowest BCUT2D eigenvalue weighted by Crippen LogP contribution is -2.32. The fourth-order valence-corrected chi connectivity index (χ4v) is 3.54. The number of hydrogen-bond acceptors (Lipinski definition) is 4. The first-order valence-electron chi connectivity index (χ1n) is 7.40. The van der Waals surface area contributed by atoms with Crippen LogP contribution in [-0.4, -0.2) is 32.6 Å². The zero-order valence-electron chi connectivity index (χ0n) is 13.3. The van der Waals surface area contributed by atoms with Gasteiger partial charge in [0.15, 0.2) is 9.84 Å². The molecule has 0 spiro atoms. The highest BCUT2D eigenvalue weighted by atomic mass is 32.2. The predicted molar refractivity (Wildman–Crippen MR) is 85.6 cm³/mol. The Labute approximate surface area is 127 Å². The maximum atomic E-state index is 12.1. The van der Waals surface area contributed by atoms with Crippen molar-refractivity contribution in [2.45, 2.75) is 44.4 Å². The van der Waals surface area contributed by atoms with E-state index in [1.807, 2.05) is 19.2 Å². The van der Waals surface area contributed by atoms with Gasteiger partial charge in [0.25, 0.3) is 0 Å². The lowest BCUT2D eigenvalue weighted by molar-refractivity contribution is 0.336. The molecule has 1 aromatic rings. The maximum absolute atomic E-state index is 12.1. The molecule has 0 saturated carbocycles. The topological polar surface area (TPSA) is 55.4 Å². The minimum Gasteiger partial charge on any atom is -0.492 e.